The number of nitrogens with zero attached hydrogens (tertiary/aromatic N) is 7. The smallest absolute Gasteiger partial charge is 0.256 e. The van der Waals surface area contributed by atoms with Crippen molar-refractivity contribution >= 4 is 22.6 Å². The molecule has 4 aromatic rings. The summed E-state index contributed by atoms with van der Waals surface area (Å²) in [6.07, 6.45) is 0.508. The predicted molar refractivity (Wildman–Crippen MR) is 125 cm³/mol. The van der Waals surface area contributed by atoms with Gasteiger partial charge in [-0.3, -0.25) is 4.90 Å². The highest BCUT2D eigenvalue weighted by molar-refractivity contribution is 5.82. The molecule has 5 rings (SSSR count). The molecule has 9 nitrogen and oxygen atoms in total. The number of aryl methyl sites for hydroxylation is 1. The Bertz CT molecular complexity index is 1320. The zero-order chi connectivity index (χ0) is 24.5. The van der Waals surface area contributed by atoms with Crippen LogP contribution in [0.2, 0.25) is 0 Å². The molecule has 35 heavy (non-hydrogen) atoms. The van der Waals surface area contributed by atoms with Crippen LogP contribution in [0.4, 0.5) is 19.1 Å². The molecule has 12 heteroatoms. The lowest BCUT2D eigenvalue weighted by Crippen LogP contribution is -2.48. The first-order valence-corrected chi connectivity index (χ1v) is 11.5. The predicted octanol–water partition coefficient (Wildman–Crippen LogP) is 3.19. The second-order valence-corrected chi connectivity index (χ2v) is 8.69. The number of pyridine rings is 1. The van der Waals surface area contributed by atoms with Crippen molar-refractivity contribution in [3.63, 3.8) is 0 Å². The lowest BCUT2D eigenvalue weighted by atomic mass is 10.0. The molecule has 1 fully saturated rings. The number of fused-ring (bicyclic) bond motifs is 2. The SMILES string of the molecule is COCCN1CC[C@H](Nc2ncc3c(-c4ccc5nc(C)n(CC(F)F)c5n4)ccn3n2)[C@H](F)C1. The lowest BCUT2D eigenvalue weighted by molar-refractivity contribution is 0.0918. The molecule has 1 aliphatic heterocycles. The summed E-state index contributed by atoms with van der Waals surface area (Å²) in [6.45, 7) is 3.62. The molecule has 186 valence electrons. The third kappa shape index (κ3) is 4.80. The Hall–Kier alpha value is -3.25. The monoisotopic (exact) mass is 488 g/mol. The van der Waals surface area contributed by atoms with Gasteiger partial charge >= 0.3 is 0 Å². The first kappa shape index (κ1) is 23.5. The Morgan fingerprint density at radius 1 is 1.23 bits per heavy atom. The Morgan fingerprint density at radius 2 is 2.09 bits per heavy atom. The number of methoxy groups -OCH3 is 1. The minimum atomic E-state index is -2.51. The van der Waals surface area contributed by atoms with Gasteiger partial charge in [0.15, 0.2) is 5.65 Å². The standard InChI is InChI=1S/C23H27F3N8O/c1-14-28-19-4-3-17(29-22(19)33(14)13-21(25)26)15-5-8-34-20(15)11-27-23(31-34)30-18-6-7-32(9-10-35-2)12-16(18)24/h3-5,8,11,16,18,21H,6-7,9-10,12-13H2,1-2H3,(H,30,31)/t16-,18+/m1/s1. The number of hydrogen-bond donors (Lipinski definition) is 1. The molecule has 0 aliphatic carbocycles. The molecule has 0 spiro atoms. The maximum Gasteiger partial charge on any atom is 0.256 e. The van der Waals surface area contributed by atoms with E-state index in [9.17, 15) is 13.2 Å². The van der Waals surface area contributed by atoms with Crippen molar-refractivity contribution in [1.29, 1.82) is 0 Å². The van der Waals surface area contributed by atoms with Crippen molar-refractivity contribution in [2.45, 2.75) is 38.5 Å². The van der Waals surface area contributed by atoms with E-state index in [-0.39, 0.29) is 6.04 Å². The van der Waals surface area contributed by atoms with Crippen LogP contribution < -0.4 is 5.32 Å². The summed E-state index contributed by atoms with van der Waals surface area (Å²) in [6, 6.07) is 5.04. The van der Waals surface area contributed by atoms with Gasteiger partial charge in [-0.25, -0.2) is 32.6 Å². The van der Waals surface area contributed by atoms with Gasteiger partial charge in [-0.05, 0) is 31.5 Å². The summed E-state index contributed by atoms with van der Waals surface area (Å²) in [5.41, 5.74) is 3.03. The molecule has 0 radical (unpaired) electrons. The van der Waals surface area contributed by atoms with Gasteiger partial charge < -0.3 is 14.6 Å². The Labute approximate surface area is 199 Å². The van der Waals surface area contributed by atoms with E-state index in [2.05, 4.69) is 25.4 Å². The number of anilines is 1. The van der Waals surface area contributed by atoms with E-state index < -0.39 is 19.1 Å². The molecule has 1 aliphatic rings. The molecular formula is C23H27F3N8O. The van der Waals surface area contributed by atoms with E-state index in [1.165, 1.54) is 4.57 Å². The van der Waals surface area contributed by atoms with Crippen LogP contribution in [0.15, 0.2) is 30.6 Å². The number of likely N-dealkylation sites (tertiary alicyclic amines) is 1. The Morgan fingerprint density at radius 3 is 2.86 bits per heavy atom. The van der Waals surface area contributed by atoms with Gasteiger partial charge in [-0.1, -0.05) is 0 Å². The molecule has 0 aromatic carbocycles. The number of rotatable bonds is 8. The third-order valence-electron chi connectivity index (χ3n) is 6.35. The number of piperidine rings is 1. The van der Waals surface area contributed by atoms with Crippen molar-refractivity contribution in [3.05, 3.63) is 36.4 Å². The number of alkyl halides is 3. The third-order valence-corrected chi connectivity index (χ3v) is 6.35. The van der Waals surface area contributed by atoms with Gasteiger partial charge in [0.05, 0.1) is 36.6 Å². The summed E-state index contributed by atoms with van der Waals surface area (Å²) in [5.74, 6) is 0.827. The van der Waals surface area contributed by atoms with Crippen molar-refractivity contribution in [2.75, 3.05) is 38.7 Å². The van der Waals surface area contributed by atoms with Crippen LogP contribution in [-0.2, 0) is 11.3 Å². The van der Waals surface area contributed by atoms with Gasteiger partial charge in [-0.15, -0.1) is 5.10 Å². The number of nitrogens with one attached hydrogen (secondary N) is 1. The minimum Gasteiger partial charge on any atom is -0.383 e. The number of aromatic nitrogens is 6. The molecule has 1 saturated heterocycles. The molecule has 0 unspecified atom stereocenters. The van der Waals surface area contributed by atoms with E-state index in [0.29, 0.717) is 60.3 Å². The second kappa shape index (κ2) is 9.78. The molecule has 0 saturated carbocycles. The van der Waals surface area contributed by atoms with Crippen LogP contribution in [0.5, 0.6) is 0 Å². The van der Waals surface area contributed by atoms with Crippen LogP contribution in [0.1, 0.15) is 12.2 Å². The summed E-state index contributed by atoms with van der Waals surface area (Å²) in [7, 11) is 1.64. The molecule has 5 heterocycles. The quantitative estimate of drug-likeness (QED) is 0.408. The van der Waals surface area contributed by atoms with Gasteiger partial charge in [0.2, 0.25) is 5.95 Å². The van der Waals surface area contributed by atoms with E-state index >= 15 is 0 Å². The topological polar surface area (TPSA) is 85.4 Å². The number of hydrogen-bond acceptors (Lipinski definition) is 7. The van der Waals surface area contributed by atoms with Crippen LogP contribution >= 0.6 is 0 Å². The average Bonchev–Trinajstić information content (AvgIpc) is 3.39. The fourth-order valence-corrected chi connectivity index (χ4v) is 4.52. The zero-order valence-electron chi connectivity index (χ0n) is 19.5. The van der Waals surface area contributed by atoms with Gasteiger partial charge in [0.1, 0.15) is 17.5 Å². The summed E-state index contributed by atoms with van der Waals surface area (Å²) < 4.78 is 49.0. The highest BCUT2D eigenvalue weighted by atomic mass is 19.3. The summed E-state index contributed by atoms with van der Waals surface area (Å²) >= 11 is 0. The van der Waals surface area contributed by atoms with Gasteiger partial charge in [0.25, 0.3) is 6.43 Å². The molecule has 0 bridgehead atoms. The van der Waals surface area contributed by atoms with Crippen molar-refractivity contribution in [2.24, 2.45) is 0 Å². The Balaban J connectivity index is 1.36. The first-order valence-electron chi connectivity index (χ1n) is 11.5. The molecule has 0 amide bonds. The number of imidazole rings is 1. The Kier molecular flexibility index (Phi) is 6.56. The lowest BCUT2D eigenvalue weighted by Gasteiger charge is -2.34. The highest BCUT2D eigenvalue weighted by Gasteiger charge is 2.29. The van der Waals surface area contributed by atoms with Crippen LogP contribution in [0.25, 0.3) is 27.9 Å². The summed E-state index contributed by atoms with van der Waals surface area (Å²) in [4.78, 5) is 15.4. The molecule has 4 aromatic heterocycles. The van der Waals surface area contributed by atoms with Crippen LogP contribution in [0.3, 0.4) is 0 Å². The van der Waals surface area contributed by atoms with E-state index in [0.717, 1.165) is 12.1 Å². The molecule has 1 N–H and O–H groups in total. The van der Waals surface area contributed by atoms with Gasteiger partial charge in [0, 0.05) is 38.5 Å². The van der Waals surface area contributed by atoms with E-state index in [4.69, 9.17) is 4.74 Å². The van der Waals surface area contributed by atoms with E-state index in [1.807, 2.05) is 11.0 Å². The van der Waals surface area contributed by atoms with Crippen LogP contribution in [0, 0.1) is 6.92 Å². The number of halogens is 3. The fourth-order valence-electron chi connectivity index (χ4n) is 4.52. The van der Waals surface area contributed by atoms with Crippen molar-refractivity contribution < 1.29 is 17.9 Å². The minimum absolute atomic E-state index is 0.340. The van der Waals surface area contributed by atoms with Crippen LogP contribution in [-0.4, -0.2) is 86.0 Å². The zero-order valence-corrected chi connectivity index (χ0v) is 19.5. The largest absolute Gasteiger partial charge is 0.383 e. The second-order valence-electron chi connectivity index (χ2n) is 8.69. The molecule has 2 atom stereocenters. The highest BCUT2D eigenvalue weighted by Crippen LogP contribution is 2.27. The number of ether oxygens (including phenoxy) is 1. The van der Waals surface area contributed by atoms with E-state index in [1.54, 1.807) is 43.1 Å². The fraction of sp³-hybridized carbons (Fsp3) is 0.478. The molecular weight excluding hydrogens is 461 g/mol. The maximum atomic E-state index is 14.7. The van der Waals surface area contributed by atoms with Gasteiger partial charge in [-0.2, -0.15) is 0 Å². The van der Waals surface area contributed by atoms with Crippen molar-refractivity contribution in [1.82, 2.24) is 34.0 Å². The normalized spacial score (nSPS) is 19.3. The van der Waals surface area contributed by atoms with Crippen molar-refractivity contribution in [3.8, 4) is 11.3 Å². The average molecular weight is 489 g/mol. The maximum absolute atomic E-state index is 14.7. The summed E-state index contributed by atoms with van der Waals surface area (Å²) in [5, 5.41) is 7.62. The first-order chi connectivity index (χ1) is 16.9.